The van der Waals surface area contributed by atoms with Gasteiger partial charge in [0.2, 0.25) is 0 Å². The molecule has 1 amide bonds. The van der Waals surface area contributed by atoms with Gasteiger partial charge in [0.25, 0.3) is 0 Å². The minimum absolute atomic E-state index is 0.183. The van der Waals surface area contributed by atoms with Crippen molar-refractivity contribution in [2.75, 3.05) is 22.5 Å². The van der Waals surface area contributed by atoms with Gasteiger partial charge in [-0.15, -0.1) is 0 Å². The number of rotatable bonds is 5. The molecule has 1 aromatic carbocycles. The summed E-state index contributed by atoms with van der Waals surface area (Å²) in [6.45, 7) is 2.85. The molecule has 1 heterocycles. The number of Topliss-reactive ketones (excluding diaryl/α,β-unsaturated/α-hetero) is 1. The van der Waals surface area contributed by atoms with E-state index in [0.29, 0.717) is 19.6 Å². The number of alkyl halides is 1. The Bertz CT molecular complexity index is 530. The van der Waals surface area contributed by atoms with Crippen molar-refractivity contribution in [1.29, 1.82) is 0 Å². The van der Waals surface area contributed by atoms with Crippen molar-refractivity contribution >= 4 is 40.2 Å². The molecule has 0 bridgehead atoms. The van der Waals surface area contributed by atoms with E-state index < -0.39 is 0 Å². The number of hydrogen-bond acceptors (Lipinski definition) is 3. The molecule has 0 atom stereocenters. The number of benzene rings is 1. The van der Waals surface area contributed by atoms with Gasteiger partial charge in [0.1, 0.15) is 0 Å². The van der Waals surface area contributed by atoms with Crippen LogP contribution in [0.5, 0.6) is 0 Å². The van der Waals surface area contributed by atoms with Crippen LogP contribution in [0.3, 0.4) is 0 Å². The molecule has 5 heteroatoms. The predicted octanol–water partition coefficient (Wildman–Crippen LogP) is 3.99. The average molecular weight is 401 g/mol. The lowest BCUT2D eigenvalue weighted by Crippen LogP contribution is -2.36. The van der Waals surface area contributed by atoms with Crippen LogP contribution >= 0.6 is 22.6 Å². The van der Waals surface area contributed by atoms with Crippen LogP contribution in [0.4, 0.5) is 10.5 Å². The molecule has 1 aliphatic heterocycles. The van der Waals surface area contributed by atoms with Gasteiger partial charge in [-0.2, -0.15) is 0 Å². The normalized spacial score (nSPS) is 13.7. The zero-order valence-corrected chi connectivity index (χ0v) is 14.4. The number of nitrogens with zero attached hydrogens (tertiary/aromatic N) is 1. The van der Waals surface area contributed by atoms with Gasteiger partial charge in [0.15, 0.2) is 5.78 Å². The van der Waals surface area contributed by atoms with E-state index in [1.165, 1.54) is 0 Å². The summed E-state index contributed by atoms with van der Waals surface area (Å²) in [6.07, 6.45) is 2.99. The monoisotopic (exact) mass is 401 g/mol. The van der Waals surface area contributed by atoms with Crippen molar-refractivity contribution in [3.8, 4) is 0 Å². The number of halogens is 1. The third kappa shape index (κ3) is 3.96. The van der Waals surface area contributed by atoms with Crippen LogP contribution in [0.15, 0.2) is 18.2 Å². The van der Waals surface area contributed by atoms with Gasteiger partial charge in [-0.1, -0.05) is 22.6 Å². The topological polar surface area (TPSA) is 46.6 Å². The lowest BCUT2D eigenvalue weighted by molar-refractivity contribution is 0.0982. The van der Waals surface area contributed by atoms with E-state index >= 15 is 0 Å². The highest BCUT2D eigenvalue weighted by Crippen LogP contribution is 2.29. The summed E-state index contributed by atoms with van der Waals surface area (Å²) < 4.78 is 6.08. The Morgan fingerprint density at radius 2 is 2.19 bits per heavy atom. The number of anilines is 1. The quantitative estimate of drug-likeness (QED) is 0.426. The highest BCUT2D eigenvalue weighted by atomic mass is 127. The van der Waals surface area contributed by atoms with Gasteiger partial charge in [-0.3, -0.25) is 9.69 Å². The van der Waals surface area contributed by atoms with Crippen LogP contribution in [0.2, 0.25) is 0 Å². The number of carbonyl (C=O) groups is 2. The zero-order valence-electron chi connectivity index (χ0n) is 12.2. The maximum Gasteiger partial charge on any atom is 0.414 e. The van der Waals surface area contributed by atoms with Crippen molar-refractivity contribution in [2.45, 2.75) is 32.6 Å². The predicted molar refractivity (Wildman–Crippen MR) is 91.6 cm³/mol. The Labute approximate surface area is 139 Å². The minimum atomic E-state index is -0.303. The highest BCUT2D eigenvalue weighted by Gasteiger charge is 2.24. The number of ketones is 1. The molecule has 0 spiro atoms. The van der Waals surface area contributed by atoms with Crippen molar-refractivity contribution in [3.63, 3.8) is 0 Å². The number of hydrogen-bond donors (Lipinski definition) is 0. The number of ether oxygens (including phenoxy) is 1. The fourth-order valence-electron chi connectivity index (χ4n) is 2.53. The molecule has 21 heavy (non-hydrogen) atoms. The first-order chi connectivity index (χ1) is 10.2. The summed E-state index contributed by atoms with van der Waals surface area (Å²) >= 11 is 2.28. The number of amides is 1. The Kier molecular flexibility index (Phi) is 6.02. The van der Waals surface area contributed by atoms with E-state index in [1.807, 2.05) is 18.2 Å². The Hall–Kier alpha value is -1.11. The van der Waals surface area contributed by atoms with E-state index in [4.69, 9.17) is 4.74 Å². The van der Waals surface area contributed by atoms with Crippen LogP contribution in [0.25, 0.3) is 0 Å². The molecule has 0 saturated heterocycles. The largest absolute Gasteiger partial charge is 0.449 e. The standard InChI is InChI=1S/C16H20INO3/c1-2-21-16(20)18-10-4-5-12-11-13(7-8-14(12)18)15(19)6-3-9-17/h7-8,11H,2-6,9-10H2,1H3. The first kappa shape index (κ1) is 16.3. The maximum absolute atomic E-state index is 12.1. The zero-order chi connectivity index (χ0) is 15.2. The van der Waals surface area contributed by atoms with Crippen LogP contribution in [-0.4, -0.2) is 29.5 Å². The van der Waals surface area contributed by atoms with E-state index in [9.17, 15) is 9.59 Å². The number of fused-ring (bicyclic) bond motifs is 1. The van der Waals surface area contributed by atoms with Gasteiger partial charge in [-0.05, 0) is 54.4 Å². The maximum atomic E-state index is 12.1. The average Bonchev–Trinajstić information content (AvgIpc) is 2.51. The second-order valence-corrected chi connectivity index (χ2v) is 6.09. The molecule has 4 nitrogen and oxygen atoms in total. The number of aryl methyl sites for hydroxylation is 1. The van der Waals surface area contributed by atoms with Crippen LogP contribution in [0, 0.1) is 0 Å². The summed E-state index contributed by atoms with van der Waals surface area (Å²) in [6, 6.07) is 5.64. The molecule has 0 aromatic heterocycles. The molecular formula is C16H20INO3. The first-order valence-electron chi connectivity index (χ1n) is 7.33. The molecule has 0 radical (unpaired) electrons. The molecule has 1 aromatic rings. The number of carbonyl (C=O) groups excluding carboxylic acids is 2. The van der Waals surface area contributed by atoms with Gasteiger partial charge in [0.05, 0.1) is 12.3 Å². The van der Waals surface area contributed by atoms with E-state index in [-0.39, 0.29) is 11.9 Å². The Morgan fingerprint density at radius 3 is 2.90 bits per heavy atom. The van der Waals surface area contributed by atoms with Crippen molar-refractivity contribution in [2.24, 2.45) is 0 Å². The summed E-state index contributed by atoms with van der Waals surface area (Å²) in [7, 11) is 0. The lowest BCUT2D eigenvalue weighted by atomic mass is 9.97. The molecule has 1 aliphatic rings. The van der Waals surface area contributed by atoms with Gasteiger partial charge in [-0.25, -0.2) is 4.79 Å². The molecular weight excluding hydrogens is 381 g/mol. The third-order valence-electron chi connectivity index (χ3n) is 3.55. The molecule has 0 N–H and O–H groups in total. The minimum Gasteiger partial charge on any atom is -0.449 e. The lowest BCUT2D eigenvalue weighted by Gasteiger charge is -2.28. The van der Waals surface area contributed by atoms with Crippen molar-refractivity contribution in [3.05, 3.63) is 29.3 Å². The second kappa shape index (κ2) is 7.77. The van der Waals surface area contributed by atoms with E-state index in [0.717, 1.165) is 40.5 Å². The van der Waals surface area contributed by atoms with Crippen LogP contribution in [-0.2, 0) is 11.2 Å². The molecule has 0 unspecified atom stereocenters. The summed E-state index contributed by atoms with van der Waals surface area (Å²) in [5, 5.41) is 0. The summed E-state index contributed by atoms with van der Waals surface area (Å²) in [5.74, 6) is 0.183. The SMILES string of the molecule is CCOC(=O)N1CCCc2cc(C(=O)CCCI)ccc21. The van der Waals surface area contributed by atoms with Gasteiger partial charge < -0.3 is 4.74 Å². The highest BCUT2D eigenvalue weighted by molar-refractivity contribution is 14.1. The first-order valence-corrected chi connectivity index (χ1v) is 8.86. The molecule has 114 valence electrons. The summed E-state index contributed by atoms with van der Waals surface area (Å²) in [4.78, 5) is 25.7. The summed E-state index contributed by atoms with van der Waals surface area (Å²) in [5.41, 5.74) is 2.70. The molecule has 0 aliphatic carbocycles. The van der Waals surface area contributed by atoms with Crippen LogP contribution < -0.4 is 4.90 Å². The van der Waals surface area contributed by atoms with E-state index in [1.54, 1.807) is 11.8 Å². The van der Waals surface area contributed by atoms with Gasteiger partial charge in [0, 0.05) is 18.5 Å². The van der Waals surface area contributed by atoms with Crippen molar-refractivity contribution < 1.29 is 14.3 Å². The fourth-order valence-corrected chi connectivity index (χ4v) is 2.91. The fraction of sp³-hybridized carbons (Fsp3) is 0.500. The van der Waals surface area contributed by atoms with Crippen molar-refractivity contribution in [1.82, 2.24) is 0 Å². The third-order valence-corrected chi connectivity index (χ3v) is 4.31. The van der Waals surface area contributed by atoms with E-state index in [2.05, 4.69) is 22.6 Å². The van der Waals surface area contributed by atoms with Crippen LogP contribution in [0.1, 0.15) is 42.1 Å². The molecule has 2 rings (SSSR count). The van der Waals surface area contributed by atoms with Gasteiger partial charge >= 0.3 is 6.09 Å². The molecule has 0 fully saturated rings. The smallest absolute Gasteiger partial charge is 0.414 e. The Morgan fingerprint density at radius 1 is 1.38 bits per heavy atom. The second-order valence-electron chi connectivity index (χ2n) is 5.01. The molecule has 0 saturated carbocycles. The Balaban J connectivity index is 2.20.